The summed E-state index contributed by atoms with van der Waals surface area (Å²) in [6.07, 6.45) is 7.13. The van der Waals surface area contributed by atoms with Gasteiger partial charge >= 0.3 is 0 Å². The van der Waals surface area contributed by atoms with Crippen molar-refractivity contribution in [3.8, 4) is 0 Å². The fraction of sp³-hybridized carbons (Fsp3) is 0. The van der Waals surface area contributed by atoms with Crippen LogP contribution in [-0.4, -0.2) is 15.1 Å². The Hall–Kier alpha value is -1.84. The standard InChI is InChI=1S/C8H5N3O/c1-5-2-10-8-7(4-11-12-8)6(5)3-9-1/h1-4,11H. The van der Waals surface area contributed by atoms with Crippen LogP contribution in [0.5, 0.6) is 0 Å². The summed E-state index contributed by atoms with van der Waals surface area (Å²) in [6, 6.07) is 0. The summed E-state index contributed by atoms with van der Waals surface area (Å²) in [4.78, 5) is 8.14. The summed E-state index contributed by atoms with van der Waals surface area (Å²) >= 11 is 0. The molecule has 0 fully saturated rings. The van der Waals surface area contributed by atoms with E-state index >= 15 is 0 Å². The Labute approximate surface area is 67.2 Å². The van der Waals surface area contributed by atoms with Gasteiger partial charge < -0.3 is 4.52 Å². The molecule has 0 aromatic carbocycles. The van der Waals surface area contributed by atoms with E-state index in [-0.39, 0.29) is 0 Å². The van der Waals surface area contributed by atoms with Gasteiger partial charge in [-0.1, -0.05) is 0 Å². The molecule has 3 heterocycles. The third kappa shape index (κ3) is 0.567. The van der Waals surface area contributed by atoms with E-state index in [1.807, 2.05) is 6.20 Å². The van der Waals surface area contributed by atoms with E-state index in [1.54, 1.807) is 18.6 Å². The first-order valence-corrected chi connectivity index (χ1v) is 3.60. The van der Waals surface area contributed by atoms with Gasteiger partial charge in [-0.3, -0.25) is 4.98 Å². The molecule has 0 amide bonds. The quantitative estimate of drug-likeness (QED) is 0.543. The molecule has 4 heteroatoms. The summed E-state index contributed by atoms with van der Waals surface area (Å²) in [5.41, 5.74) is 0.621. The Morgan fingerprint density at radius 3 is 3.17 bits per heavy atom. The van der Waals surface area contributed by atoms with Crippen molar-refractivity contribution in [2.24, 2.45) is 0 Å². The number of hydrogen-bond donors (Lipinski definition) is 1. The summed E-state index contributed by atoms with van der Waals surface area (Å²) in [5.74, 6) is 0. The highest BCUT2D eigenvalue weighted by molar-refractivity contribution is 6.02. The number of aromatic nitrogens is 3. The van der Waals surface area contributed by atoms with Gasteiger partial charge in [-0.25, -0.2) is 10.1 Å². The Morgan fingerprint density at radius 1 is 1.17 bits per heavy atom. The first-order chi connectivity index (χ1) is 5.95. The molecule has 0 radical (unpaired) electrons. The molecule has 1 N–H and O–H groups in total. The minimum Gasteiger partial charge on any atom is -0.362 e. The summed E-state index contributed by atoms with van der Waals surface area (Å²) in [7, 11) is 0. The molecule has 0 saturated carbocycles. The number of pyridine rings is 1. The maximum atomic E-state index is 5.03. The maximum absolute atomic E-state index is 5.03. The zero-order valence-electron chi connectivity index (χ0n) is 6.11. The van der Waals surface area contributed by atoms with Crippen molar-refractivity contribution in [1.29, 1.82) is 0 Å². The Balaban J connectivity index is 2.71. The number of nitrogens with one attached hydrogen (secondary N) is 1. The summed E-state index contributed by atoms with van der Waals surface area (Å²) < 4.78 is 5.03. The van der Waals surface area contributed by atoms with Gasteiger partial charge in [0.2, 0.25) is 0 Å². The van der Waals surface area contributed by atoms with E-state index in [0.29, 0.717) is 5.71 Å². The molecule has 0 aliphatic carbocycles. The van der Waals surface area contributed by atoms with Crippen molar-refractivity contribution in [3.63, 3.8) is 0 Å². The van der Waals surface area contributed by atoms with Gasteiger partial charge in [0.15, 0.2) is 0 Å². The van der Waals surface area contributed by atoms with Gasteiger partial charge in [0.1, 0.15) is 0 Å². The van der Waals surface area contributed by atoms with Crippen molar-refractivity contribution in [1.82, 2.24) is 15.1 Å². The Kier molecular flexibility index (Phi) is 0.889. The molecule has 0 spiro atoms. The zero-order chi connectivity index (χ0) is 7.97. The predicted octanol–water partition coefficient (Wildman–Crippen LogP) is 1.70. The van der Waals surface area contributed by atoms with Crippen LogP contribution in [0.15, 0.2) is 29.3 Å². The third-order valence-corrected chi connectivity index (χ3v) is 1.93. The van der Waals surface area contributed by atoms with Crippen LogP contribution < -0.4 is 0 Å². The normalized spacial score (nSPS) is 11.3. The molecule has 0 saturated heterocycles. The predicted molar refractivity (Wildman–Crippen MR) is 43.7 cm³/mol. The molecule has 3 aromatic rings. The second-order valence-corrected chi connectivity index (χ2v) is 2.62. The van der Waals surface area contributed by atoms with Crippen molar-refractivity contribution >= 4 is 21.9 Å². The van der Waals surface area contributed by atoms with Gasteiger partial charge in [0.25, 0.3) is 5.71 Å². The lowest BCUT2D eigenvalue weighted by Crippen LogP contribution is -1.71. The highest BCUT2D eigenvalue weighted by Gasteiger charge is 2.04. The first-order valence-electron chi connectivity index (χ1n) is 3.60. The van der Waals surface area contributed by atoms with Crippen LogP contribution in [0.4, 0.5) is 0 Å². The van der Waals surface area contributed by atoms with Crippen LogP contribution in [0.25, 0.3) is 21.9 Å². The number of aromatic amines is 1. The van der Waals surface area contributed by atoms with Crippen molar-refractivity contribution in [3.05, 3.63) is 24.8 Å². The summed E-state index contributed by atoms with van der Waals surface area (Å²) in [5, 5.41) is 5.74. The average molecular weight is 159 g/mol. The lowest BCUT2D eigenvalue weighted by molar-refractivity contribution is 0.449. The zero-order valence-corrected chi connectivity index (χ0v) is 6.11. The summed E-state index contributed by atoms with van der Waals surface area (Å²) in [6.45, 7) is 0. The SMILES string of the molecule is c1ncc2c1cnc1o[nH]cc12. The van der Waals surface area contributed by atoms with E-state index in [9.17, 15) is 0 Å². The molecule has 0 bridgehead atoms. The van der Waals surface area contributed by atoms with Gasteiger partial charge in [0.05, 0.1) is 5.39 Å². The van der Waals surface area contributed by atoms with Crippen LogP contribution in [0.1, 0.15) is 0 Å². The van der Waals surface area contributed by atoms with E-state index < -0.39 is 0 Å². The molecule has 3 rings (SSSR count). The Bertz CT molecular complexity index is 487. The number of hydrogen-bond acceptors (Lipinski definition) is 3. The van der Waals surface area contributed by atoms with Crippen LogP contribution in [0, 0.1) is 0 Å². The van der Waals surface area contributed by atoms with E-state index in [1.165, 1.54) is 0 Å². The van der Waals surface area contributed by atoms with Crippen LogP contribution in [0.2, 0.25) is 0 Å². The second kappa shape index (κ2) is 1.85. The minimum absolute atomic E-state index is 0.621. The largest absolute Gasteiger partial charge is 0.362 e. The number of H-pyrrole nitrogens is 1. The third-order valence-electron chi connectivity index (χ3n) is 1.93. The lowest BCUT2D eigenvalue weighted by atomic mass is 10.2. The van der Waals surface area contributed by atoms with E-state index in [4.69, 9.17) is 4.52 Å². The van der Waals surface area contributed by atoms with Gasteiger partial charge in [-0.2, -0.15) is 0 Å². The van der Waals surface area contributed by atoms with Crippen molar-refractivity contribution in [2.75, 3.05) is 0 Å². The molecule has 0 atom stereocenters. The first kappa shape index (κ1) is 5.77. The minimum atomic E-state index is 0.621. The van der Waals surface area contributed by atoms with Gasteiger partial charge in [-0.15, -0.1) is 0 Å². The second-order valence-electron chi connectivity index (χ2n) is 2.62. The molecule has 4 nitrogen and oxygen atoms in total. The molecule has 3 aromatic heterocycles. The number of fused-ring (bicyclic) bond motifs is 3. The molecule has 12 heavy (non-hydrogen) atoms. The molecule has 0 aliphatic heterocycles. The topological polar surface area (TPSA) is 54.7 Å². The Morgan fingerprint density at radius 2 is 2.17 bits per heavy atom. The highest BCUT2D eigenvalue weighted by Crippen LogP contribution is 2.21. The highest BCUT2D eigenvalue weighted by atomic mass is 16.5. The molecular weight excluding hydrogens is 154 g/mol. The molecule has 58 valence electrons. The van der Waals surface area contributed by atoms with Crippen molar-refractivity contribution in [2.45, 2.75) is 0 Å². The van der Waals surface area contributed by atoms with Gasteiger partial charge in [0, 0.05) is 35.6 Å². The van der Waals surface area contributed by atoms with E-state index in [2.05, 4.69) is 15.1 Å². The number of nitrogens with zero attached hydrogens (tertiary/aromatic N) is 2. The van der Waals surface area contributed by atoms with Crippen LogP contribution in [0.3, 0.4) is 0 Å². The van der Waals surface area contributed by atoms with Crippen LogP contribution in [-0.2, 0) is 0 Å². The monoisotopic (exact) mass is 159 g/mol. The van der Waals surface area contributed by atoms with Crippen molar-refractivity contribution < 1.29 is 4.52 Å². The number of rotatable bonds is 0. The molecule has 0 unspecified atom stereocenters. The fourth-order valence-corrected chi connectivity index (χ4v) is 1.34. The maximum Gasteiger partial charge on any atom is 0.255 e. The molecular formula is C8H5N3O. The average Bonchev–Trinajstić information content (AvgIpc) is 2.71. The fourth-order valence-electron chi connectivity index (χ4n) is 1.34. The molecule has 0 aliphatic rings. The lowest BCUT2D eigenvalue weighted by Gasteiger charge is -1.86. The smallest absolute Gasteiger partial charge is 0.255 e. The van der Waals surface area contributed by atoms with Gasteiger partial charge in [-0.05, 0) is 0 Å². The van der Waals surface area contributed by atoms with Crippen LogP contribution >= 0.6 is 0 Å². The van der Waals surface area contributed by atoms with E-state index in [0.717, 1.165) is 16.2 Å².